The SMILES string of the molecule is Cc1nc(-c2cccc(C(F)(F)F)c2)nc2c1N1CCC[C@@](C)(C1)N2C(=O)Nc1cnc(OC[C@H]2COC(C)(C)O2)nc1. The van der Waals surface area contributed by atoms with Crippen molar-refractivity contribution in [1.29, 1.82) is 0 Å². The molecule has 0 aliphatic carbocycles. The number of aryl methyl sites for hydroxylation is 1. The first kappa shape index (κ1) is 29.1. The lowest BCUT2D eigenvalue weighted by Gasteiger charge is -2.52. The summed E-state index contributed by atoms with van der Waals surface area (Å²) in [6.07, 6.45) is -0.327. The zero-order valence-corrected chi connectivity index (χ0v) is 24.2. The lowest BCUT2D eigenvalue weighted by Crippen LogP contribution is -2.64. The van der Waals surface area contributed by atoms with E-state index in [4.69, 9.17) is 19.2 Å². The van der Waals surface area contributed by atoms with Gasteiger partial charge in [-0.3, -0.25) is 4.90 Å². The van der Waals surface area contributed by atoms with Crippen LogP contribution in [0.1, 0.15) is 44.9 Å². The number of amides is 2. The largest absolute Gasteiger partial charge is 0.461 e. The quantitative estimate of drug-likeness (QED) is 0.423. The molecule has 228 valence electrons. The molecule has 2 amide bonds. The molecule has 0 unspecified atom stereocenters. The third-order valence-corrected chi connectivity index (χ3v) is 7.78. The van der Waals surface area contributed by atoms with Gasteiger partial charge in [-0.15, -0.1) is 0 Å². The molecule has 1 aromatic carbocycles. The van der Waals surface area contributed by atoms with Gasteiger partial charge in [-0.2, -0.15) is 13.2 Å². The number of fused-ring (bicyclic) bond motifs is 4. The van der Waals surface area contributed by atoms with E-state index in [2.05, 4.69) is 25.2 Å². The number of carbonyl (C=O) groups excluding carboxylic acids is 1. The Balaban J connectivity index is 1.26. The van der Waals surface area contributed by atoms with Crippen LogP contribution in [0.2, 0.25) is 0 Å². The number of hydrogen-bond donors (Lipinski definition) is 1. The molecule has 3 aromatic rings. The molecule has 3 aliphatic heterocycles. The predicted octanol–water partition coefficient (Wildman–Crippen LogP) is 5.20. The van der Waals surface area contributed by atoms with Crippen molar-refractivity contribution in [3.63, 3.8) is 0 Å². The highest BCUT2D eigenvalue weighted by Crippen LogP contribution is 2.45. The topological polar surface area (TPSA) is 115 Å². The monoisotopic (exact) mass is 599 g/mol. The van der Waals surface area contributed by atoms with Crippen molar-refractivity contribution < 1.29 is 32.2 Å². The number of urea groups is 1. The Morgan fingerprint density at radius 3 is 2.65 bits per heavy atom. The van der Waals surface area contributed by atoms with Crippen LogP contribution in [0.5, 0.6) is 6.01 Å². The zero-order valence-electron chi connectivity index (χ0n) is 24.2. The van der Waals surface area contributed by atoms with E-state index in [1.807, 2.05) is 20.8 Å². The number of carbonyl (C=O) groups is 1. The van der Waals surface area contributed by atoms with E-state index in [0.717, 1.165) is 25.1 Å². The first-order valence-corrected chi connectivity index (χ1v) is 14.0. The predicted molar refractivity (Wildman–Crippen MR) is 151 cm³/mol. The Labute approximate surface area is 246 Å². The van der Waals surface area contributed by atoms with Crippen LogP contribution >= 0.6 is 0 Å². The van der Waals surface area contributed by atoms with Gasteiger partial charge in [0.05, 0.1) is 41.5 Å². The number of nitrogens with one attached hydrogen (secondary N) is 1. The summed E-state index contributed by atoms with van der Waals surface area (Å²) < 4.78 is 57.2. The zero-order chi connectivity index (χ0) is 30.6. The van der Waals surface area contributed by atoms with E-state index >= 15 is 0 Å². The lowest BCUT2D eigenvalue weighted by atomic mass is 9.86. The second kappa shape index (κ2) is 10.6. The number of ether oxygens (including phenoxy) is 3. The summed E-state index contributed by atoms with van der Waals surface area (Å²) in [5.74, 6) is -0.220. The van der Waals surface area contributed by atoms with E-state index in [9.17, 15) is 18.0 Å². The minimum absolute atomic E-state index is 0.106. The number of rotatable bonds is 5. The summed E-state index contributed by atoms with van der Waals surface area (Å²) >= 11 is 0. The average molecular weight is 600 g/mol. The van der Waals surface area contributed by atoms with Gasteiger partial charge in [0, 0.05) is 18.7 Å². The van der Waals surface area contributed by atoms with Crippen molar-refractivity contribution in [2.75, 3.05) is 41.4 Å². The van der Waals surface area contributed by atoms with Crippen molar-refractivity contribution >= 4 is 23.2 Å². The summed E-state index contributed by atoms with van der Waals surface area (Å²) in [4.78, 5) is 35.3. The molecule has 2 saturated heterocycles. The van der Waals surface area contributed by atoms with Crippen LogP contribution in [0, 0.1) is 6.92 Å². The van der Waals surface area contributed by atoms with Gasteiger partial charge in [0.1, 0.15) is 18.4 Å². The van der Waals surface area contributed by atoms with Crippen LogP contribution in [0.15, 0.2) is 36.7 Å². The maximum Gasteiger partial charge on any atom is 0.416 e. The minimum atomic E-state index is -4.51. The fourth-order valence-electron chi connectivity index (χ4n) is 5.88. The number of benzene rings is 1. The number of alkyl halides is 3. The molecule has 0 radical (unpaired) electrons. The lowest BCUT2D eigenvalue weighted by molar-refractivity contribution is -0.141. The fraction of sp³-hybridized carbons (Fsp3) is 0.483. The average Bonchev–Trinajstić information content (AvgIpc) is 3.30. The number of anilines is 3. The molecular weight excluding hydrogens is 567 g/mol. The van der Waals surface area contributed by atoms with Crippen LogP contribution in [-0.4, -0.2) is 69.7 Å². The molecule has 1 N–H and O–H groups in total. The standard InChI is InChI=1S/C29H32F3N7O4/c1-17-22-24(37-23(35-17)18-7-5-8-19(11-18)29(30,31)32)39(28(4)9-6-10-38(22)16-28)26(40)36-20-12-33-25(34-13-20)41-14-21-15-42-27(2,3)43-21/h5,7-8,11-13,21H,6,9-10,14-16H2,1-4H3,(H,36,40)/t21-,28-/m0/s1. The maximum absolute atomic E-state index is 13.9. The van der Waals surface area contributed by atoms with E-state index < -0.39 is 29.1 Å². The summed E-state index contributed by atoms with van der Waals surface area (Å²) in [6.45, 7) is 9.34. The van der Waals surface area contributed by atoms with Crippen LogP contribution in [0.3, 0.4) is 0 Å². The minimum Gasteiger partial charge on any atom is -0.461 e. The Bertz CT molecular complexity index is 1540. The van der Waals surface area contributed by atoms with Crippen LogP contribution in [-0.2, 0) is 15.7 Å². The van der Waals surface area contributed by atoms with E-state index in [0.29, 0.717) is 42.5 Å². The summed E-state index contributed by atoms with van der Waals surface area (Å²) in [5.41, 5.74) is 0.382. The molecule has 43 heavy (non-hydrogen) atoms. The second-order valence-corrected chi connectivity index (χ2v) is 11.7. The molecule has 14 heteroatoms. The van der Waals surface area contributed by atoms with Gasteiger partial charge in [-0.1, -0.05) is 12.1 Å². The Hall–Kier alpha value is -4.04. The molecule has 2 fully saturated rings. The highest BCUT2D eigenvalue weighted by molar-refractivity contribution is 6.05. The van der Waals surface area contributed by atoms with Crippen molar-refractivity contribution in [1.82, 2.24) is 19.9 Å². The van der Waals surface area contributed by atoms with Gasteiger partial charge in [0.15, 0.2) is 17.4 Å². The van der Waals surface area contributed by atoms with Crippen molar-refractivity contribution in [3.05, 3.63) is 47.9 Å². The molecule has 2 aromatic heterocycles. The normalized spacial score (nSPS) is 22.7. The first-order chi connectivity index (χ1) is 20.3. The first-order valence-electron chi connectivity index (χ1n) is 14.0. The molecule has 2 atom stereocenters. The van der Waals surface area contributed by atoms with Gasteiger partial charge < -0.3 is 24.4 Å². The number of halogens is 3. The van der Waals surface area contributed by atoms with Crippen molar-refractivity contribution in [2.24, 2.45) is 0 Å². The second-order valence-electron chi connectivity index (χ2n) is 11.7. The number of hydrogen-bond acceptors (Lipinski definition) is 9. The van der Waals surface area contributed by atoms with E-state index in [1.165, 1.54) is 24.5 Å². The van der Waals surface area contributed by atoms with E-state index in [1.54, 1.807) is 11.8 Å². The number of piperidine rings is 1. The maximum atomic E-state index is 13.9. The molecule has 5 heterocycles. The Morgan fingerprint density at radius 1 is 1.19 bits per heavy atom. The van der Waals surface area contributed by atoms with Crippen molar-refractivity contribution in [2.45, 2.75) is 64.1 Å². The summed E-state index contributed by atoms with van der Waals surface area (Å²) in [6, 6.07) is 4.53. The molecule has 2 bridgehead atoms. The summed E-state index contributed by atoms with van der Waals surface area (Å²) in [7, 11) is 0. The third kappa shape index (κ3) is 5.80. The Kier molecular flexibility index (Phi) is 7.16. The van der Waals surface area contributed by atoms with Gasteiger partial charge in [-0.25, -0.2) is 24.7 Å². The molecular formula is C29H32F3N7O4. The summed E-state index contributed by atoms with van der Waals surface area (Å²) in [5, 5.41) is 2.86. The third-order valence-electron chi connectivity index (χ3n) is 7.78. The Morgan fingerprint density at radius 2 is 1.95 bits per heavy atom. The molecule has 0 saturated carbocycles. The molecule has 11 nitrogen and oxygen atoms in total. The highest BCUT2D eigenvalue weighted by atomic mass is 19.4. The van der Waals surface area contributed by atoms with Crippen LogP contribution < -0.4 is 19.9 Å². The van der Waals surface area contributed by atoms with Crippen LogP contribution in [0.4, 0.5) is 35.2 Å². The smallest absolute Gasteiger partial charge is 0.416 e. The fourth-order valence-corrected chi connectivity index (χ4v) is 5.88. The van der Waals surface area contributed by atoms with Gasteiger partial charge >= 0.3 is 18.2 Å². The number of nitrogens with zero attached hydrogens (tertiary/aromatic N) is 6. The number of aromatic nitrogens is 4. The highest BCUT2D eigenvalue weighted by Gasteiger charge is 2.47. The van der Waals surface area contributed by atoms with Crippen molar-refractivity contribution in [3.8, 4) is 17.4 Å². The van der Waals surface area contributed by atoms with Gasteiger partial charge in [0.2, 0.25) is 0 Å². The molecule has 3 aliphatic rings. The van der Waals surface area contributed by atoms with E-state index in [-0.39, 0.29) is 30.1 Å². The molecule has 0 spiro atoms. The van der Waals surface area contributed by atoms with Gasteiger partial charge in [0.25, 0.3) is 0 Å². The van der Waals surface area contributed by atoms with Crippen LogP contribution in [0.25, 0.3) is 11.4 Å². The van der Waals surface area contributed by atoms with Gasteiger partial charge in [-0.05, 0) is 52.7 Å². The molecule has 6 rings (SSSR count).